The Morgan fingerprint density at radius 3 is 2.39 bits per heavy atom. The van der Waals surface area contributed by atoms with Crippen molar-refractivity contribution in [3.63, 3.8) is 0 Å². The topological polar surface area (TPSA) is 59.1 Å². The first-order chi connectivity index (χ1) is 11.0. The minimum atomic E-state index is -3.60. The van der Waals surface area contributed by atoms with Crippen molar-refractivity contribution in [2.45, 2.75) is 43.9 Å². The molecule has 6 heteroatoms. The first-order valence-electron chi connectivity index (χ1n) is 7.74. The van der Waals surface area contributed by atoms with Gasteiger partial charge in [0.1, 0.15) is 5.82 Å². The number of hydrogen-bond acceptors (Lipinski definition) is 3. The standard InChI is InChI=1S/C17H21BrN2O2S/c1-2-3-4-5-6-14-7-10-16(11-8-14)23(21,22)20-17-12-9-15(18)13-19-17/h7-13H,2-6H2,1H3,(H,19,20). The molecule has 1 aromatic carbocycles. The highest BCUT2D eigenvalue weighted by Gasteiger charge is 2.14. The highest BCUT2D eigenvalue weighted by atomic mass is 79.9. The lowest BCUT2D eigenvalue weighted by Crippen LogP contribution is -2.13. The predicted octanol–water partition coefficient (Wildman–Crippen LogP) is 4.77. The van der Waals surface area contributed by atoms with Gasteiger partial charge in [-0.25, -0.2) is 13.4 Å². The molecule has 2 rings (SSSR count). The van der Waals surface area contributed by atoms with Crippen LogP contribution < -0.4 is 4.72 Å². The van der Waals surface area contributed by atoms with Crippen molar-refractivity contribution in [1.82, 2.24) is 4.98 Å². The van der Waals surface area contributed by atoms with Crippen LogP contribution in [0, 0.1) is 0 Å². The first kappa shape index (κ1) is 17.9. The molecule has 0 atom stereocenters. The average molecular weight is 397 g/mol. The van der Waals surface area contributed by atoms with Gasteiger partial charge in [0.05, 0.1) is 4.90 Å². The van der Waals surface area contributed by atoms with E-state index in [9.17, 15) is 8.42 Å². The summed E-state index contributed by atoms with van der Waals surface area (Å²) in [6.45, 7) is 2.19. The fourth-order valence-corrected chi connectivity index (χ4v) is 3.47. The maximum atomic E-state index is 12.3. The summed E-state index contributed by atoms with van der Waals surface area (Å²) in [6, 6.07) is 10.4. The van der Waals surface area contributed by atoms with Gasteiger partial charge in [-0.05, 0) is 58.6 Å². The zero-order chi connectivity index (χ0) is 16.7. The van der Waals surface area contributed by atoms with Gasteiger partial charge in [0.15, 0.2) is 0 Å². The number of halogens is 1. The molecule has 4 nitrogen and oxygen atoms in total. The van der Waals surface area contributed by atoms with E-state index in [1.165, 1.54) is 24.8 Å². The van der Waals surface area contributed by atoms with E-state index < -0.39 is 10.0 Å². The van der Waals surface area contributed by atoms with Crippen molar-refractivity contribution in [1.29, 1.82) is 0 Å². The molecule has 0 fully saturated rings. The van der Waals surface area contributed by atoms with E-state index in [1.54, 1.807) is 30.5 Å². The zero-order valence-corrected chi connectivity index (χ0v) is 15.5. The predicted molar refractivity (Wildman–Crippen MR) is 97.0 cm³/mol. The second kappa shape index (κ2) is 8.45. The SMILES string of the molecule is CCCCCCc1ccc(S(=O)(=O)Nc2ccc(Br)cn2)cc1. The van der Waals surface area contributed by atoms with Gasteiger partial charge in [0.2, 0.25) is 0 Å². The number of rotatable bonds is 8. The van der Waals surface area contributed by atoms with Crippen molar-refractivity contribution in [3.8, 4) is 0 Å². The van der Waals surface area contributed by atoms with Crippen molar-refractivity contribution >= 4 is 31.8 Å². The lowest BCUT2D eigenvalue weighted by Gasteiger charge is -2.08. The van der Waals surface area contributed by atoms with Crippen LogP contribution in [0.5, 0.6) is 0 Å². The summed E-state index contributed by atoms with van der Waals surface area (Å²) >= 11 is 3.27. The Labute approximate surface area is 146 Å². The summed E-state index contributed by atoms with van der Waals surface area (Å²) in [7, 11) is -3.60. The van der Waals surface area contributed by atoms with Gasteiger partial charge in [-0.1, -0.05) is 38.3 Å². The van der Waals surface area contributed by atoms with Crippen LogP contribution in [0.3, 0.4) is 0 Å². The molecular formula is C17H21BrN2O2S. The molecule has 0 aliphatic heterocycles. The molecule has 2 aromatic rings. The molecule has 0 spiro atoms. The Bertz CT molecular complexity index is 713. The fourth-order valence-electron chi connectivity index (χ4n) is 2.22. The molecule has 0 saturated carbocycles. The van der Waals surface area contributed by atoms with E-state index in [1.807, 2.05) is 12.1 Å². The molecule has 1 N–H and O–H groups in total. The second-order valence-electron chi connectivity index (χ2n) is 5.42. The van der Waals surface area contributed by atoms with Crippen molar-refractivity contribution < 1.29 is 8.42 Å². The maximum Gasteiger partial charge on any atom is 0.263 e. The maximum absolute atomic E-state index is 12.3. The van der Waals surface area contributed by atoms with Crippen LogP contribution in [0.1, 0.15) is 38.2 Å². The monoisotopic (exact) mass is 396 g/mol. The number of hydrogen-bond donors (Lipinski definition) is 1. The van der Waals surface area contributed by atoms with E-state index in [0.717, 1.165) is 17.3 Å². The second-order valence-corrected chi connectivity index (χ2v) is 8.02. The molecule has 0 aliphatic rings. The molecule has 1 heterocycles. The molecule has 0 saturated heterocycles. The van der Waals surface area contributed by atoms with Crippen LogP contribution in [-0.2, 0) is 16.4 Å². The average Bonchev–Trinajstić information content (AvgIpc) is 2.54. The van der Waals surface area contributed by atoms with E-state index >= 15 is 0 Å². The number of aryl methyl sites for hydroxylation is 1. The molecule has 0 bridgehead atoms. The molecule has 0 radical (unpaired) electrons. The van der Waals surface area contributed by atoms with Gasteiger partial charge < -0.3 is 0 Å². The first-order valence-corrected chi connectivity index (χ1v) is 10.0. The number of anilines is 1. The van der Waals surface area contributed by atoms with Gasteiger partial charge >= 0.3 is 0 Å². The van der Waals surface area contributed by atoms with Gasteiger partial charge in [0, 0.05) is 10.7 Å². The minimum absolute atomic E-state index is 0.250. The van der Waals surface area contributed by atoms with Gasteiger partial charge in [-0.3, -0.25) is 4.72 Å². The van der Waals surface area contributed by atoms with Crippen molar-refractivity contribution in [3.05, 3.63) is 52.6 Å². The summed E-state index contributed by atoms with van der Waals surface area (Å²) in [5.74, 6) is 0.303. The highest BCUT2D eigenvalue weighted by Crippen LogP contribution is 2.17. The highest BCUT2D eigenvalue weighted by molar-refractivity contribution is 9.10. The minimum Gasteiger partial charge on any atom is -0.263 e. The lowest BCUT2D eigenvalue weighted by molar-refractivity contribution is 0.601. The normalized spacial score (nSPS) is 11.4. The van der Waals surface area contributed by atoms with Crippen molar-refractivity contribution in [2.24, 2.45) is 0 Å². The summed E-state index contributed by atoms with van der Waals surface area (Å²) in [4.78, 5) is 4.28. The smallest absolute Gasteiger partial charge is 0.263 e. The molecule has 0 unspecified atom stereocenters. The van der Waals surface area contributed by atoms with E-state index in [-0.39, 0.29) is 4.90 Å². The summed E-state index contributed by atoms with van der Waals surface area (Å²) in [5, 5.41) is 0. The lowest BCUT2D eigenvalue weighted by atomic mass is 10.1. The zero-order valence-electron chi connectivity index (χ0n) is 13.1. The number of unbranched alkanes of at least 4 members (excludes halogenated alkanes) is 3. The van der Waals surface area contributed by atoms with Gasteiger partial charge in [0.25, 0.3) is 10.0 Å². The van der Waals surface area contributed by atoms with Crippen LogP contribution in [-0.4, -0.2) is 13.4 Å². The van der Waals surface area contributed by atoms with Crippen LogP contribution in [0.15, 0.2) is 52.0 Å². The summed E-state index contributed by atoms with van der Waals surface area (Å²) < 4.78 is 27.9. The quantitative estimate of drug-likeness (QED) is 0.653. The van der Waals surface area contributed by atoms with E-state index in [2.05, 4.69) is 32.6 Å². The number of pyridine rings is 1. The van der Waals surface area contributed by atoms with Crippen LogP contribution in [0.2, 0.25) is 0 Å². The Morgan fingerprint density at radius 1 is 1.04 bits per heavy atom. The van der Waals surface area contributed by atoms with Gasteiger partial charge in [-0.15, -0.1) is 0 Å². The third kappa shape index (κ3) is 5.62. The Morgan fingerprint density at radius 2 is 1.78 bits per heavy atom. The van der Waals surface area contributed by atoms with Gasteiger partial charge in [-0.2, -0.15) is 0 Å². The molecule has 0 aliphatic carbocycles. The third-order valence-corrected chi connectivity index (χ3v) is 5.36. The van der Waals surface area contributed by atoms with E-state index in [0.29, 0.717) is 5.82 Å². The Balaban J connectivity index is 2.01. The molecule has 23 heavy (non-hydrogen) atoms. The molecule has 1 aromatic heterocycles. The number of sulfonamides is 1. The fraction of sp³-hybridized carbons (Fsp3) is 0.353. The number of aromatic nitrogens is 1. The Kier molecular flexibility index (Phi) is 6.59. The third-order valence-electron chi connectivity index (χ3n) is 3.52. The number of benzene rings is 1. The van der Waals surface area contributed by atoms with Crippen LogP contribution >= 0.6 is 15.9 Å². The molecule has 0 amide bonds. The van der Waals surface area contributed by atoms with Crippen molar-refractivity contribution in [2.75, 3.05) is 4.72 Å². The number of nitrogens with zero attached hydrogens (tertiary/aromatic N) is 1. The van der Waals surface area contributed by atoms with E-state index in [4.69, 9.17) is 0 Å². The largest absolute Gasteiger partial charge is 0.263 e. The number of nitrogens with one attached hydrogen (secondary N) is 1. The van der Waals surface area contributed by atoms with Crippen LogP contribution in [0.25, 0.3) is 0 Å². The molecule has 124 valence electrons. The Hall–Kier alpha value is -1.40. The summed E-state index contributed by atoms with van der Waals surface area (Å²) in [6.07, 6.45) is 7.36. The van der Waals surface area contributed by atoms with Crippen LogP contribution in [0.4, 0.5) is 5.82 Å². The molecular weight excluding hydrogens is 376 g/mol. The summed E-state index contributed by atoms with van der Waals surface area (Å²) in [5.41, 5.74) is 1.17.